The number of rotatable bonds is 2. The van der Waals surface area contributed by atoms with Crippen molar-refractivity contribution in [3.8, 4) is 11.3 Å². The molecular weight excluding hydrogens is 300 g/mol. The van der Waals surface area contributed by atoms with Crippen LogP contribution in [0.25, 0.3) is 11.3 Å². The maximum Gasteiger partial charge on any atom is 0.277 e. The fourth-order valence-corrected chi connectivity index (χ4v) is 4.81. The van der Waals surface area contributed by atoms with E-state index in [0.29, 0.717) is 6.54 Å². The first-order valence-electron chi connectivity index (χ1n) is 7.48. The summed E-state index contributed by atoms with van der Waals surface area (Å²) in [5, 5.41) is 5.46. The molecule has 2 aliphatic heterocycles. The second-order valence-electron chi connectivity index (χ2n) is 5.94. The van der Waals surface area contributed by atoms with E-state index in [-0.39, 0.29) is 12.1 Å². The molecule has 116 valence electrons. The van der Waals surface area contributed by atoms with Crippen LogP contribution in [0.1, 0.15) is 30.9 Å². The number of hydrogen-bond acceptors (Lipinski definition) is 3. The first kappa shape index (κ1) is 13.9. The summed E-state index contributed by atoms with van der Waals surface area (Å²) in [6, 6.07) is 7.93. The molecule has 1 fully saturated rings. The highest BCUT2D eigenvalue weighted by molar-refractivity contribution is 7.86. The maximum absolute atomic E-state index is 12.0. The zero-order valence-electron chi connectivity index (χ0n) is 12.1. The van der Waals surface area contributed by atoms with Gasteiger partial charge in [-0.05, 0) is 18.4 Å². The number of hydrogen-bond donors (Lipinski definition) is 1. The molecule has 1 aromatic heterocycles. The lowest BCUT2D eigenvalue weighted by atomic mass is 9.92. The minimum absolute atomic E-state index is 0.0488. The number of aromatic nitrogens is 2. The van der Waals surface area contributed by atoms with Gasteiger partial charge in [-0.2, -0.15) is 12.7 Å². The van der Waals surface area contributed by atoms with Crippen molar-refractivity contribution in [3.05, 3.63) is 42.4 Å². The Balaban J connectivity index is 1.85. The standard InChI is InChI=1S/C15H18N4O2S/c16-22(20,21)19-8-4-3-7-13(19)15-12-6-2-1-5-11(12)14-9-17-10-18(14)15/h1-2,5-6,9-10,13,15H,3-4,7-8H2,(H2,16,20,21). The predicted octanol–water partition coefficient (Wildman–Crippen LogP) is 1.51. The van der Waals surface area contributed by atoms with Crippen molar-refractivity contribution in [2.75, 3.05) is 6.54 Å². The third-order valence-electron chi connectivity index (χ3n) is 4.71. The quantitative estimate of drug-likeness (QED) is 0.911. The molecule has 2 aliphatic rings. The van der Waals surface area contributed by atoms with E-state index >= 15 is 0 Å². The lowest BCUT2D eigenvalue weighted by molar-refractivity contribution is 0.209. The van der Waals surface area contributed by atoms with E-state index in [0.717, 1.165) is 36.1 Å². The van der Waals surface area contributed by atoms with Crippen molar-refractivity contribution in [2.45, 2.75) is 31.3 Å². The van der Waals surface area contributed by atoms with Gasteiger partial charge in [-0.1, -0.05) is 30.7 Å². The number of benzene rings is 1. The van der Waals surface area contributed by atoms with Gasteiger partial charge in [-0.3, -0.25) is 0 Å². The van der Waals surface area contributed by atoms with Crippen LogP contribution < -0.4 is 5.14 Å². The van der Waals surface area contributed by atoms with Crippen LogP contribution >= 0.6 is 0 Å². The summed E-state index contributed by atoms with van der Waals surface area (Å²) in [4.78, 5) is 4.24. The van der Waals surface area contributed by atoms with Crippen LogP contribution in [0.3, 0.4) is 0 Å². The normalized spacial score (nSPS) is 25.0. The second-order valence-corrected chi connectivity index (χ2v) is 7.44. The molecule has 2 atom stereocenters. The summed E-state index contributed by atoms with van der Waals surface area (Å²) in [5.41, 5.74) is 3.32. The first-order valence-corrected chi connectivity index (χ1v) is 8.98. The molecule has 0 spiro atoms. The maximum atomic E-state index is 12.0. The van der Waals surface area contributed by atoms with E-state index in [1.54, 1.807) is 6.33 Å². The van der Waals surface area contributed by atoms with Crippen LogP contribution in [0.5, 0.6) is 0 Å². The third-order valence-corrected chi connectivity index (χ3v) is 5.82. The molecule has 2 aromatic rings. The van der Waals surface area contributed by atoms with Crippen LogP contribution in [0.4, 0.5) is 0 Å². The van der Waals surface area contributed by atoms with Crippen LogP contribution in [0.2, 0.25) is 0 Å². The molecule has 3 heterocycles. The minimum atomic E-state index is -3.70. The summed E-state index contributed by atoms with van der Waals surface area (Å²) in [6.07, 6.45) is 6.31. The van der Waals surface area contributed by atoms with Crippen LogP contribution in [0, 0.1) is 0 Å². The van der Waals surface area contributed by atoms with E-state index < -0.39 is 10.2 Å². The molecule has 1 aromatic carbocycles. The van der Waals surface area contributed by atoms with Gasteiger partial charge >= 0.3 is 0 Å². The lowest BCUT2D eigenvalue weighted by Gasteiger charge is -2.37. The van der Waals surface area contributed by atoms with Gasteiger partial charge in [0.05, 0.1) is 30.3 Å². The van der Waals surface area contributed by atoms with E-state index in [1.807, 2.05) is 18.3 Å². The molecule has 0 bridgehead atoms. The summed E-state index contributed by atoms with van der Waals surface area (Å²) >= 11 is 0. The van der Waals surface area contributed by atoms with Crippen molar-refractivity contribution in [1.29, 1.82) is 0 Å². The van der Waals surface area contributed by atoms with Gasteiger partial charge in [-0.25, -0.2) is 10.1 Å². The van der Waals surface area contributed by atoms with Crippen molar-refractivity contribution < 1.29 is 8.42 Å². The Morgan fingerprint density at radius 3 is 2.86 bits per heavy atom. The van der Waals surface area contributed by atoms with Crippen LogP contribution in [0.15, 0.2) is 36.8 Å². The number of fused-ring (bicyclic) bond motifs is 3. The Labute approximate surface area is 129 Å². The van der Waals surface area contributed by atoms with Gasteiger partial charge in [0.2, 0.25) is 0 Å². The SMILES string of the molecule is NS(=O)(=O)N1CCCCC1C1c2ccccc2-c2cncn21. The van der Waals surface area contributed by atoms with E-state index in [2.05, 4.69) is 21.7 Å². The van der Waals surface area contributed by atoms with Crippen molar-refractivity contribution in [3.63, 3.8) is 0 Å². The van der Waals surface area contributed by atoms with Crippen LogP contribution in [-0.4, -0.2) is 34.9 Å². The Morgan fingerprint density at radius 1 is 1.23 bits per heavy atom. The molecule has 2 unspecified atom stereocenters. The van der Waals surface area contributed by atoms with Gasteiger partial charge < -0.3 is 4.57 Å². The average Bonchev–Trinajstić information content (AvgIpc) is 3.06. The molecule has 2 N–H and O–H groups in total. The van der Waals surface area contributed by atoms with Crippen molar-refractivity contribution >= 4 is 10.2 Å². The monoisotopic (exact) mass is 318 g/mol. The Kier molecular flexibility index (Phi) is 3.11. The lowest BCUT2D eigenvalue weighted by Crippen LogP contribution is -2.50. The molecule has 0 radical (unpaired) electrons. The van der Waals surface area contributed by atoms with Gasteiger partial charge in [0.1, 0.15) is 0 Å². The topological polar surface area (TPSA) is 81.2 Å². The number of piperidine rings is 1. The highest BCUT2D eigenvalue weighted by Crippen LogP contribution is 2.44. The summed E-state index contributed by atoms with van der Waals surface area (Å²) in [5.74, 6) is 0. The first-order chi connectivity index (χ1) is 10.6. The summed E-state index contributed by atoms with van der Waals surface area (Å²) < 4.78 is 27.5. The zero-order chi connectivity index (χ0) is 15.3. The Bertz CT molecular complexity index is 814. The number of imidazole rings is 1. The highest BCUT2D eigenvalue weighted by Gasteiger charge is 2.41. The Hall–Kier alpha value is -1.70. The fourth-order valence-electron chi connectivity index (χ4n) is 3.83. The molecule has 0 amide bonds. The number of nitrogens with zero attached hydrogens (tertiary/aromatic N) is 3. The van der Waals surface area contributed by atoms with Gasteiger partial charge in [0.15, 0.2) is 0 Å². The molecular formula is C15H18N4O2S. The molecule has 1 saturated heterocycles. The van der Waals surface area contributed by atoms with E-state index in [9.17, 15) is 8.42 Å². The molecule has 7 heteroatoms. The van der Waals surface area contributed by atoms with Gasteiger partial charge in [0, 0.05) is 12.1 Å². The largest absolute Gasteiger partial charge is 0.321 e. The predicted molar refractivity (Wildman–Crippen MR) is 83.3 cm³/mol. The fraction of sp³-hybridized carbons (Fsp3) is 0.400. The van der Waals surface area contributed by atoms with Gasteiger partial charge in [-0.15, -0.1) is 0 Å². The van der Waals surface area contributed by atoms with E-state index in [4.69, 9.17) is 5.14 Å². The van der Waals surface area contributed by atoms with Crippen LogP contribution in [-0.2, 0) is 10.2 Å². The second kappa shape index (κ2) is 4.91. The molecule has 0 aliphatic carbocycles. The molecule has 6 nitrogen and oxygen atoms in total. The molecule has 22 heavy (non-hydrogen) atoms. The average molecular weight is 318 g/mol. The van der Waals surface area contributed by atoms with Gasteiger partial charge in [0.25, 0.3) is 10.2 Å². The summed E-state index contributed by atoms with van der Waals surface area (Å²) in [7, 11) is -3.70. The highest BCUT2D eigenvalue weighted by atomic mass is 32.2. The zero-order valence-corrected chi connectivity index (χ0v) is 12.9. The van der Waals surface area contributed by atoms with E-state index in [1.165, 1.54) is 4.31 Å². The summed E-state index contributed by atoms with van der Waals surface area (Å²) in [6.45, 7) is 0.492. The minimum Gasteiger partial charge on any atom is -0.321 e. The molecule has 4 rings (SSSR count). The number of nitrogens with two attached hydrogens (primary N) is 1. The molecule has 0 saturated carbocycles. The Morgan fingerprint density at radius 2 is 2.05 bits per heavy atom. The van der Waals surface area contributed by atoms with Crippen molar-refractivity contribution in [1.82, 2.24) is 13.9 Å². The van der Waals surface area contributed by atoms with Crippen molar-refractivity contribution in [2.24, 2.45) is 5.14 Å². The smallest absolute Gasteiger partial charge is 0.277 e. The third kappa shape index (κ3) is 2.00.